The van der Waals surface area contributed by atoms with Crippen molar-refractivity contribution in [3.8, 4) is 0 Å². The van der Waals surface area contributed by atoms with Crippen LogP contribution < -0.4 is 5.73 Å². The normalized spacial score (nSPS) is 24.9. The lowest BCUT2D eigenvalue weighted by Crippen LogP contribution is -2.42. The number of amidine groups is 1. The lowest BCUT2D eigenvalue weighted by Gasteiger charge is -2.34. The van der Waals surface area contributed by atoms with Gasteiger partial charge in [-0.1, -0.05) is 18.1 Å². The lowest BCUT2D eigenvalue weighted by molar-refractivity contribution is 0.0259. The summed E-state index contributed by atoms with van der Waals surface area (Å²) in [6.45, 7) is 4.01. The van der Waals surface area contributed by atoms with Gasteiger partial charge in [-0.3, -0.25) is 4.90 Å². The van der Waals surface area contributed by atoms with E-state index in [4.69, 9.17) is 10.9 Å². The number of oxime groups is 1. The molecule has 20 heavy (non-hydrogen) atoms. The Morgan fingerprint density at radius 1 is 1.55 bits per heavy atom. The molecular formula is C14H20FN3O2. The van der Waals surface area contributed by atoms with Crippen molar-refractivity contribution in [1.29, 1.82) is 0 Å². The molecule has 6 heteroatoms. The average molecular weight is 281 g/mol. The van der Waals surface area contributed by atoms with Gasteiger partial charge in [-0.15, -0.1) is 0 Å². The van der Waals surface area contributed by atoms with E-state index < -0.39 is 5.82 Å². The number of benzene rings is 1. The van der Waals surface area contributed by atoms with Crippen molar-refractivity contribution in [2.45, 2.75) is 26.0 Å². The van der Waals surface area contributed by atoms with Gasteiger partial charge in [0.15, 0.2) is 5.84 Å². The Balaban J connectivity index is 2.17. The molecule has 0 bridgehead atoms. The van der Waals surface area contributed by atoms with E-state index in [1.807, 2.05) is 6.92 Å². The molecule has 1 saturated heterocycles. The molecule has 1 aromatic rings. The Morgan fingerprint density at radius 2 is 2.30 bits per heavy atom. The maximum Gasteiger partial charge on any atom is 0.170 e. The highest BCUT2D eigenvalue weighted by Gasteiger charge is 2.24. The number of likely N-dealkylation sites (tertiary alicyclic amines) is 1. The van der Waals surface area contributed by atoms with Crippen LogP contribution in [0.3, 0.4) is 0 Å². The first-order valence-corrected chi connectivity index (χ1v) is 6.68. The second-order valence-corrected chi connectivity index (χ2v) is 5.36. The molecule has 2 unspecified atom stereocenters. The van der Waals surface area contributed by atoms with Crippen molar-refractivity contribution in [2.24, 2.45) is 16.8 Å². The van der Waals surface area contributed by atoms with Crippen LogP contribution in [0.1, 0.15) is 24.5 Å². The minimum Gasteiger partial charge on any atom is -0.409 e. The zero-order valence-electron chi connectivity index (χ0n) is 11.5. The van der Waals surface area contributed by atoms with Crippen LogP contribution in [-0.2, 0) is 6.54 Å². The Hall–Kier alpha value is -1.66. The topological polar surface area (TPSA) is 82.1 Å². The molecule has 1 aromatic carbocycles. The van der Waals surface area contributed by atoms with Gasteiger partial charge in [0, 0.05) is 18.7 Å². The molecule has 0 radical (unpaired) electrons. The zero-order valence-corrected chi connectivity index (χ0v) is 11.5. The number of piperidine rings is 1. The quantitative estimate of drug-likeness (QED) is 0.336. The van der Waals surface area contributed by atoms with Gasteiger partial charge >= 0.3 is 0 Å². The van der Waals surface area contributed by atoms with Gasteiger partial charge in [0.05, 0.1) is 6.10 Å². The molecule has 0 saturated carbocycles. The van der Waals surface area contributed by atoms with Crippen molar-refractivity contribution in [1.82, 2.24) is 4.90 Å². The van der Waals surface area contributed by atoms with Crippen molar-refractivity contribution in [2.75, 3.05) is 13.1 Å². The summed E-state index contributed by atoms with van der Waals surface area (Å²) >= 11 is 0. The van der Waals surface area contributed by atoms with E-state index in [1.165, 1.54) is 12.1 Å². The number of nitrogens with zero attached hydrogens (tertiary/aromatic N) is 2. The van der Waals surface area contributed by atoms with Crippen molar-refractivity contribution in [3.05, 3.63) is 35.1 Å². The molecule has 1 aliphatic rings. The molecule has 1 aliphatic heterocycles. The van der Waals surface area contributed by atoms with Gasteiger partial charge in [0.2, 0.25) is 0 Å². The summed E-state index contributed by atoms with van der Waals surface area (Å²) in [5, 5.41) is 21.6. The lowest BCUT2D eigenvalue weighted by atomic mass is 9.95. The Kier molecular flexibility index (Phi) is 4.57. The summed E-state index contributed by atoms with van der Waals surface area (Å²) in [6, 6.07) is 4.24. The van der Waals surface area contributed by atoms with Gasteiger partial charge < -0.3 is 16.0 Å². The third-order valence-corrected chi connectivity index (χ3v) is 3.85. The van der Waals surface area contributed by atoms with Crippen molar-refractivity contribution >= 4 is 5.84 Å². The van der Waals surface area contributed by atoms with Crippen LogP contribution in [0.15, 0.2) is 23.4 Å². The first kappa shape index (κ1) is 14.7. The van der Waals surface area contributed by atoms with Crippen LogP contribution in [-0.4, -0.2) is 40.2 Å². The Labute approximate surface area is 117 Å². The molecule has 2 rings (SSSR count). The molecule has 0 spiro atoms. The number of aliphatic hydroxyl groups excluding tert-OH is 1. The van der Waals surface area contributed by atoms with Crippen molar-refractivity contribution in [3.63, 3.8) is 0 Å². The van der Waals surface area contributed by atoms with E-state index in [-0.39, 0.29) is 11.9 Å². The van der Waals surface area contributed by atoms with Crippen molar-refractivity contribution < 1.29 is 14.7 Å². The number of rotatable bonds is 3. The molecule has 0 aromatic heterocycles. The molecule has 0 amide bonds. The Morgan fingerprint density at radius 3 is 2.95 bits per heavy atom. The molecular weight excluding hydrogens is 261 g/mol. The van der Waals surface area contributed by atoms with Crippen LogP contribution in [0.5, 0.6) is 0 Å². The van der Waals surface area contributed by atoms with E-state index >= 15 is 0 Å². The monoisotopic (exact) mass is 281 g/mol. The molecule has 4 N–H and O–H groups in total. The van der Waals surface area contributed by atoms with Crippen LogP contribution >= 0.6 is 0 Å². The number of halogens is 1. The molecule has 1 heterocycles. The van der Waals surface area contributed by atoms with Crippen LogP contribution in [0, 0.1) is 11.7 Å². The van der Waals surface area contributed by atoms with Gasteiger partial charge in [-0.2, -0.15) is 0 Å². The zero-order chi connectivity index (χ0) is 14.7. The molecule has 5 nitrogen and oxygen atoms in total. The standard InChI is InChI=1S/C14H20FN3O2/c1-9-4-5-18(8-13(9)19)7-10-2-3-11(15)6-12(10)14(16)17-20/h2-3,6,9,13,19-20H,4-5,7-8H2,1H3,(H2,16,17). The molecule has 110 valence electrons. The maximum absolute atomic E-state index is 13.3. The summed E-state index contributed by atoms with van der Waals surface area (Å²) in [7, 11) is 0. The number of aliphatic hydroxyl groups is 1. The highest BCUT2D eigenvalue weighted by Crippen LogP contribution is 2.20. The molecule has 0 aliphatic carbocycles. The van der Waals surface area contributed by atoms with Gasteiger partial charge in [-0.25, -0.2) is 4.39 Å². The fraction of sp³-hybridized carbons (Fsp3) is 0.500. The molecule has 2 atom stereocenters. The summed E-state index contributed by atoms with van der Waals surface area (Å²) in [5.41, 5.74) is 6.75. The minimum absolute atomic E-state index is 0.106. The van der Waals surface area contributed by atoms with Gasteiger partial charge in [0.25, 0.3) is 0 Å². The SMILES string of the molecule is CC1CCN(Cc2ccc(F)cc2/C(N)=N/O)CC1O. The summed E-state index contributed by atoms with van der Waals surface area (Å²) < 4.78 is 13.3. The van der Waals surface area contributed by atoms with Crippen LogP contribution in [0.25, 0.3) is 0 Å². The summed E-state index contributed by atoms with van der Waals surface area (Å²) in [5.74, 6) is -0.240. The predicted molar refractivity (Wildman–Crippen MR) is 74.0 cm³/mol. The second kappa shape index (κ2) is 6.19. The first-order valence-electron chi connectivity index (χ1n) is 6.68. The van der Waals surface area contributed by atoms with E-state index in [0.717, 1.165) is 18.5 Å². The third kappa shape index (κ3) is 3.26. The van der Waals surface area contributed by atoms with E-state index in [0.29, 0.717) is 24.6 Å². The Bertz CT molecular complexity index is 507. The maximum atomic E-state index is 13.3. The summed E-state index contributed by atoms with van der Waals surface area (Å²) in [4.78, 5) is 2.09. The fourth-order valence-corrected chi connectivity index (χ4v) is 2.48. The van der Waals surface area contributed by atoms with Crippen LogP contribution in [0.4, 0.5) is 4.39 Å². The van der Waals surface area contributed by atoms with Crippen LogP contribution in [0.2, 0.25) is 0 Å². The second-order valence-electron chi connectivity index (χ2n) is 5.36. The van der Waals surface area contributed by atoms with Gasteiger partial charge in [-0.05, 0) is 36.6 Å². The minimum atomic E-state index is -0.428. The predicted octanol–water partition coefficient (Wildman–Crippen LogP) is 1.12. The van der Waals surface area contributed by atoms with E-state index in [1.54, 1.807) is 6.07 Å². The smallest absolute Gasteiger partial charge is 0.170 e. The van der Waals surface area contributed by atoms with E-state index in [9.17, 15) is 9.50 Å². The largest absolute Gasteiger partial charge is 0.409 e. The highest BCUT2D eigenvalue weighted by molar-refractivity contribution is 5.98. The summed E-state index contributed by atoms with van der Waals surface area (Å²) in [6.07, 6.45) is 0.567. The molecule has 1 fully saturated rings. The highest BCUT2D eigenvalue weighted by atomic mass is 19.1. The van der Waals surface area contributed by atoms with E-state index in [2.05, 4.69) is 10.1 Å². The van der Waals surface area contributed by atoms with Gasteiger partial charge in [0.1, 0.15) is 5.82 Å². The average Bonchev–Trinajstić information content (AvgIpc) is 2.44. The number of hydrogen-bond donors (Lipinski definition) is 3. The number of hydrogen-bond acceptors (Lipinski definition) is 4. The third-order valence-electron chi connectivity index (χ3n) is 3.85. The number of β-amino-alcohol motifs (C(OH)–C–C–N with tert-alkyl or cyclic N) is 1. The fourth-order valence-electron chi connectivity index (χ4n) is 2.48. The first-order chi connectivity index (χ1) is 9.51. The number of nitrogens with two attached hydrogens (primary N) is 1.